The molecule has 0 radical (unpaired) electrons. The molecule has 0 aliphatic carbocycles. The van der Waals surface area contributed by atoms with Crippen LogP contribution in [-0.4, -0.2) is 22.8 Å². The highest BCUT2D eigenvalue weighted by atomic mass is 31.2. The molecule has 5 nitrogen and oxygen atoms in total. The van der Waals surface area contributed by atoms with Crippen molar-refractivity contribution in [2.75, 3.05) is 13.2 Å². The average molecular weight is 316 g/mol. The second-order valence-electron chi connectivity index (χ2n) is 5.36. The van der Waals surface area contributed by atoms with Crippen molar-refractivity contribution in [1.82, 2.24) is 4.67 Å². The highest BCUT2D eigenvalue weighted by Gasteiger charge is 2.40. The van der Waals surface area contributed by atoms with Crippen LogP contribution < -0.4 is 4.52 Å². The van der Waals surface area contributed by atoms with Gasteiger partial charge in [0.25, 0.3) is 5.69 Å². The van der Waals surface area contributed by atoms with Gasteiger partial charge in [0.15, 0.2) is 8.30 Å². The second-order valence-corrected chi connectivity index (χ2v) is 6.98. The van der Waals surface area contributed by atoms with Gasteiger partial charge in [0.1, 0.15) is 5.75 Å². The van der Waals surface area contributed by atoms with E-state index < -0.39 is 13.2 Å². The minimum absolute atomic E-state index is 0.0807. The first-order valence-electron chi connectivity index (χ1n) is 7.04. The zero-order chi connectivity index (χ0) is 15.7. The van der Waals surface area contributed by atoms with Gasteiger partial charge in [-0.2, -0.15) is 0 Å². The molecule has 0 saturated carbocycles. The second kappa shape index (κ2) is 6.03. The van der Waals surface area contributed by atoms with Gasteiger partial charge in [0.05, 0.1) is 11.0 Å². The van der Waals surface area contributed by atoms with Crippen LogP contribution in [0.2, 0.25) is 0 Å². The van der Waals surface area contributed by atoms with E-state index in [0.717, 1.165) is 6.54 Å². The lowest BCUT2D eigenvalue weighted by Gasteiger charge is -2.15. The number of hydrogen-bond acceptors (Lipinski definition) is 4. The molecule has 0 bridgehead atoms. The van der Waals surface area contributed by atoms with Crippen LogP contribution >= 0.6 is 8.30 Å². The third kappa shape index (κ3) is 3.26. The highest BCUT2D eigenvalue weighted by molar-refractivity contribution is 7.49. The molecule has 1 saturated heterocycles. The summed E-state index contributed by atoms with van der Waals surface area (Å²) in [6, 6.07) is 15.2. The predicted octanol–water partition coefficient (Wildman–Crippen LogP) is 4.28. The standard InChI is InChI=1S/C16H17N2O3P/c1-12-4-3-5-13(10-12)16-11-17(16)22(2)21-15-8-6-14(7-9-15)18(19)20/h3-10,16H,11H2,1-2H3. The summed E-state index contributed by atoms with van der Waals surface area (Å²) >= 11 is 0. The van der Waals surface area contributed by atoms with Crippen molar-refractivity contribution in [2.45, 2.75) is 13.0 Å². The number of aryl methyl sites for hydroxylation is 1. The largest absolute Gasteiger partial charge is 0.458 e. The normalized spacial score (nSPS) is 21.2. The van der Waals surface area contributed by atoms with Gasteiger partial charge in [-0.25, -0.2) is 4.67 Å². The molecule has 3 atom stereocenters. The smallest absolute Gasteiger partial charge is 0.269 e. The fourth-order valence-electron chi connectivity index (χ4n) is 2.43. The lowest BCUT2D eigenvalue weighted by Crippen LogP contribution is -1.97. The Labute approximate surface area is 130 Å². The van der Waals surface area contributed by atoms with Crippen molar-refractivity contribution >= 4 is 14.0 Å². The van der Waals surface area contributed by atoms with Gasteiger partial charge >= 0.3 is 0 Å². The molecule has 6 heteroatoms. The maximum atomic E-state index is 10.6. The summed E-state index contributed by atoms with van der Waals surface area (Å²) < 4.78 is 8.23. The monoisotopic (exact) mass is 316 g/mol. The van der Waals surface area contributed by atoms with E-state index in [4.69, 9.17) is 4.52 Å². The first-order chi connectivity index (χ1) is 10.5. The third-order valence-corrected chi connectivity index (χ3v) is 5.30. The summed E-state index contributed by atoms with van der Waals surface area (Å²) in [5.41, 5.74) is 2.67. The quantitative estimate of drug-likeness (QED) is 0.357. The van der Waals surface area contributed by atoms with Crippen LogP contribution in [0.15, 0.2) is 48.5 Å². The van der Waals surface area contributed by atoms with Crippen LogP contribution in [0.4, 0.5) is 5.69 Å². The molecule has 0 aromatic heterocycles. The fraction of sp³-hybridized carbons (Fsp3) is 0.250. The van der Waals surface area contributed by atoms with Crippen molar-refractivity contribution in [3.8, 4) is 5.75 Å². The molecule has 1 aliphatic heterocycles. The Morgan fingerprint density at radius 1 is 1.27 bits per heavy atom. The van der Waals surface area contributed by atoms with Gasteiger partial charge in [0.2, 0.25) is 0 Å². The molecule has 1 heterocycles. The minimum atomic E-state index is -0.739. The molecule has 1 fully saturated rings. The number of nitro groups is 1. The molecule has 2 aromatic carbocycles. The predicted molar refractivity (Wildman–Crippen MR) is 87.2 cm³/mol. The van der Waals surface area contributed by atoms with E-state index in [-0.39, 0.29) is 5.69 Å². The van der Waals surface area contributed by atoms with Gasteiger partial charge < -0.3 is 4.52 Å². The molecule has 2 aromatic rings. The molecular weight excluding hydrogens is 299 g/mol. The third-order valence-electron chi connectivity index (χ3n) is 3.66. The van der Waals surface area contributed by atoms with Gasteiger partial charge in [-0.3, -0.25) is 10.1 Å². The topological polar surface area (TPSA) is 55.4 Å². The summed E-state index contributed by atoms with van der Waals surface area (Å²) in [6.45, 7) is 5.16. The lowest BCUT2D eigenvalue weighted by molar-refractivity contribution is -0.384. The van der Waals surface area contributed by atoms with E-state index >= 15 is 0 Å². The van der Waals surface area contributed by atoms with Crippen molar-refractivity contribution < 1.29 is 9.45 Å². The van der Waals surface area contributed by atoms with Gasteiger partial charge in [0, 0.05) is 25.3 Å². The van der Waals surface area contributed by atoms with E-state index in [9.17, 15) is 10.1 Å². The fourth-order valence-corrected chi connectivity index (χ4v) is 3.87. The van der Waals surface area contributed by atoms with Crippen LogP contribution in [0, 0.1) is 17.0 Å². The molecule has 3 rings (SSSR count). The number of benzene rings is 2. The molecular formula is C16H17N2O3P. The summed E-state index contributed by atoms with van der Waals surface area (Å²) in [4.78, 5) is 10.2. The number of rotatable bonds is 5. The Balaban J connectivity index is 1.61. The number of nitro benzene ring substituents is 1. The van der Waals surface area contributed by atoms with Crippen molar-refractivity contribution in [3.63, 3.8) is 0 Å². The Morgan fingerprint density at radius 2 is 2.00 bits per heavy atom. The first kappa shape index (κ1) is 14.9. The van der Waals surface area contributed by atoms with Crippen LogP contribution in [0.1, 0.15) is 17.2 Å². The van der Waals surface area contributed by atoms with Crippen molar-refractivity contribution in [2.24, 2.45) is 0 Å². The molecule has 0 amide bonds. The van der Waals surface area contributed by atoms with Gasteiger partial charge in [-0.05, 0) is 24.6 Å². The van der Waals surface area contributed by atoms with Crippen LogP contribution in [0.3, 0.4) is 0 Å². The van der Waals surface area contributed by atoms with Crippen molar-refractivity contribution in [1.29, 1.82) is 0 Å². The molecule has 3 unspecified atom stereocenters. The zero-order valence-corrected chi connectivity index (χ0v) is 13.4. The van der Waals surface area contributed by atoms with Gasteiger partial charge in [-0.15, -0.1) is 0 Å². The Morgan fingerprint density at radius 3 is 2.64 bits per heavy atom. The molecule has 114 valence electrons. The highest BCUT2D eigenvalue weighted by Crippen LogP contribution is 2.53. The van der Waals surface area contributed by atoms with E-state index in [0.29, 0.717) is 11.8 Å². The molecule has 0 spiro atoms. The number of nitrogens with zero attached hydrogens (tertiary/aromatic N) is 2. The Bertz CT molecular complexity index is 690. The Hall–Kier alpha value is -1.97. The first-order valence-corrected chi connectivity index (χ1v) is 8.70. The zero-order valence-electron chi connectivity index (χ0n) is 12.5. The van der Waals surface area contributed by atoms with Crippen molar-refractivity contribution in [3.05, 3.63) is 69.8 Å². The Kier molecular flexibility index (Phi) is 4.10. The van der Waals surface area contributed by atoms with Crippen LogP contribution in [0.25, 0.3) is 0 Å². The van der Waals surface area contributed by atoms with E-state index in [1.165, 1.54) is 23.3 Å². The van der Waals surface area contributed by atoms with Crippen LogP contribution in [-0.2, 0) is 0 Å². The maximum absolute atomic E-state index is 10.6. The van der Waals surface area contributed by atoms with Gasteiger partial charge in [-0.1, -0.05) is 29.8 Å². The summed E-state index contributed by atoms with van der Waals surface area (Å²) in [5, 5.41) is 10.6. The SMILES string of the molecule is Cc1cccc(C2CN2P(C)Oc2ccc([N+](=O)[O-])cc2)c1. The summed E-state index contributed by atoms with van der Waals surface area (Å²) in [5.74, 6) is 0.675. The summed E-state index contributed by atoms with van der Waals surface area (Å²) in [6.07, 6.45) is 0. The van der Waals surface area contributed by atoms with E-state index in [1.807, 2.05) is 0 Å². The number of non-ortho nitro benzene ring substituents is 1. The summed E-state index contributed by atoms with van der Waals surface area (Å²) in [7, 11) is -0.739. The average Bonchev–Trinajstić information content (AvgIpc) is 3.28. The lowest BCUT2D eigenvalue weighted by atomic mass is 10.1. The van der Waals surface area contributed by atoms with E-state index in [2.05, 4.69) is 42.5 Å². The minimum Gasteiger partial charge on any atom is -0.458 e. The van der Waals surface area contributed by atoms with E-state index in [1.54, 1.807) is 12.1 Å². The number of hydrogen-bond donors (Lipinski definition) is 0. The van der Waals surface area contributed by atoms with Crippen LogP contribution in [0.5, 0.6) is 5.75 Å². The molecule has 22 heavy (non-hydrogen) atoms. The molecule has 0 N–H and O–H groups in total. The maximum Gasteiger partial charge on any atom is 0.269 e. The molecule has 1 aliphatic rings.